The van der Waals surface area contributed by atoms with Crippen molar-refractivity contribution in [3.05, 3.63) is 58.4 Å². The van der Waals surface area contributed by atoms with Crippen LogP contribution in [0.15, 0.2) is 36.4 Å². The first-order valence-electron chi connectivity index (χ1n) is 5.78. The number of anilines is 2. The van der Waals surface area contributed by atoms with Crippen LogP contribution in [0.1, 0.15) is 15.9 Å². The lowest BCUT2D eigenvalue weighted by atomic mass is 10.1. The molecule has 0 atom stereocenters. The number of rotatable bonds is 4. The fraction of sp³-hybridized carbons (Fsp3) is 0.0714. The van der Waals surface area contributed by atoms with E-state index >= 15 is 0 Å². The van der Waals surface area contributed by atoms with Crippen LogP contribution in [0.4, 0.5) is 15.8 Å². The molecule has 0 aliphatic heterocycles. The maximum Gasteiger partial charge on any atom is 0.335 e. The standard InChI is InChI=1S/C14H12ClFN2O2/c15-10-5-8(1-3-11(10)16)7-18-13-4-2-9(14(19)20)6-12(13)17/h1-6,18H,7,17H2,(H,19,20). The van der Waals surface area contributed by atoms with Crippen LogP contribution in [-0.4, -0.2) is 11.1 Å². The molecule has 0 unspecified atom stereocenters. The third-order valence-corrected chi connectivity index (χ3v) is 3.06. The van der Waals surface area contributed by atoms with Crippen molar-refractivity contribution in [2.75, 3.05) is 11.1 Å². The average Bonchev–Trinajstić information content (AvgIpc) is 2.41. The van der Waals surface area contributed by atoms with Gasteiger partial charge < -0.3 is 16.2 Å². The molecule has 104 valence electrons. The molecule has 0 bridgehead atoms. The van der Waals surface area contributed by atoms with E-state index in [9.17, 15) is 9.18 Å². The van der Waals surface area contributed by atoms with Crippen LogP contribution >= 0.6 is 11.6 Å². The number of hydrogen-bond acceptors (Lipinski definition) is 3. The lowest BCUT2D eigenvalue weighted by molar-refractivity contribution is 0.0697. The lowest BCUT2D eigenvalue weighted by Gasteiger charge is -2.10. The van der Waals surface area contributed by atoms with Gasteiger partial charge in [-0.1, -0.05) is 17.7 Å². The zero-order valence-electron chi connectivity index (χ0n) is 10.4. The first-order chi connectivity index (χ1) is 9.47. The molecule has 4 N–H and O–H groups in total. The maximum absolute atomic E-state index is 13.0. The normalized spacial score (nSPS) is 10.3. The molecule has 2 aromatic carbocycles. The molecule has 0 aromatic heterocycles. The summed E-state index contributed by atoms with van der Waals surface area (Å²) in [7, 11) is 0. The maximum atomic E-state index is 13.0. The van der Waals surface area contributed by atoms with Gasteiger partial charge in [-0.05, 0) is 35.9 Å². The van der Waals surface area contributed by atoms with Gasteiger partial charge in [0.15, 0.2) is 0 Å². The minimum absolute atomic E-state index is 0.0542. The molecule has 2 rings (SSSR count). The fourth-order valence-electron chi connectivity index (χ4n) is 1.70. The number of aromatic carboxylic acids is 1. The number of benzene rings is 2. The van der Waals surface area contributed by atoms with Gasteiger partial charge in [-0.2, -0.15) is 0 Å². The Balaban J connectivity index is 2.10. The summed E-state index contributed by atoms with van der Waals surface area (Å²) in [4.78, 5) is 10.8. The number of halogens is 2. The molecule has 2 aromatic rings. The third kappa shape index (κ3) is 3.19. The van der Waals surface area contributed by atoms with E-state index in [1.165, 1.54) is 24.3 Å². The second-order valence-electron chi connectivity index (χ2n) is 4.21. The molecule has 0 saturated carbocycles. The van der Waals surface area contributed by atoms with Gasteiger partial charge in [0, 0.05) is 6.54 Å². The summed E-state index contributed by atoms with van der Waals surface area (Å²) < 4.78 is 13.0. The zero-order chi connectivity index (χ0) is 14.7. The van der Waals surface area contributed by atoms with Crippen LogP contribution in [0.25, 0.3) is 0 Å². The number of nitrogens with one attached hydrogen (secondary N) is 1. The Hall–Kier alpha value is -2.27. The van der Waals surface area contributed by atoms with Gasteiger partial charge in [0.1, 0.15) is 5.82 Å². The minimum Gasteiger partial charge on any atom is -0.478 e. The summed E-state index contributed by atoms with van der Waals surface area (Å²) >= 11 is 5.69. The summed E-state index contributed by atoms with van der Waals surface area (Å²) in [5.41, 5.74) is 7.62. The van der Waals surface area contributed by atoms with E-state index in [1.807, 2.05) is 0 Å². The van der Waals surface area contributed by atoms with Crippen molar-refractivity contribution in [3.63, 3.8) is 0 Å². The summed E-state index contributed by atoms with van der Waals surface area (Å²) in [6, 6.07) is 8.84. The van der Waals surface area contributed by atoms with Gasteiger partial charge in [0.25, 0.3) is 0 Å². The smallest absolute Gasteiger partial charge is 0.335 e. The van der Waals surface area contributed by atoms with Gasteiger partial charge in [0.05, 0.1) is 22.0 Å². The Morgan fingerprint density at radius 1 is 1.30 bits per heavy atom. The van der Waals surface area contributed by atoms with Crippen molar-refractivity contribution in [3.8, 4) is 0 Å². The Bertz CT molecular complexity index is 662. The lowest BCUT2D eigenvalue weighted by Crippen LogP contribution is -2.04. The summed E-state index contributed by atoms with van der Waals surface area (Å²) in [6.45, 7) is 0.399. The largest absolute Gasteiger partial charge is 0.478 e. The second-order valence-corrected chi connectivity index (χ2v) is 4.62. The highest BCUT2D eigenvalue weighted by Crippen LogP contribution is 2.22. The molecule has 0 heterocycles. The number of carbonyl (C=O) groups is 1. The number of nitrogen functional groups attached to an aromatic ring is 1. The highest BCUT2D eigenvalue weighted by atomic mass is 35.5. The molecular formula is C14H12ClFN2O2. The zero-order valence-corrected chi connectivity index (χ0v) is 11.1. The molecule has 0 radical (unpaired) electrons. The van der Waals surface area contributed by atoms with Crippen LogP contribution < -0.4 is 11.1 Å². The van der Waals surface area contributed by atoms with E-state index in [-0.39, 0.29) is 10.6 Å². The van der Waals surface area contributed by atoms with E-state index in [4.69, 9.17) is 22.4 Å². The van der Waals surface area contributed by atoms with Crippen LogP contribution in [0, 0.1) is 5.82 Å². The van der Waals surface area contributed by atoms with E-state index in [1.54, 1.807) is 12.1 Å². The second kappa shape index (κ2) is 5.79. The molecule has 0 fully saturated rings. The molecule has 0 spiro atoms. The number of hydrogen-bond donors (Lipinski definition) is 3. The summed E-state index contributed by atoms with van der Waals surface area (Å²) in [5, 5.41) is 11.9. The SMILES string of the molecule is Nc1cc(C(=O)O)ccc1NCc1ccc(F)c(Cl)c1. The monoisotopic (exact) mass is 294 g/mol. The molecule has 0 amide bonds. The first kappa shape index (κ1) is 14.1. The van der Waals surface area contributed by atoms with Gasteiger partial charge in [-0.25, -0.2) is 9.18 Å². The minimum atomic E-state index is -1.03. The van der Waals surface area contributed by atoms with Gasteiger partial charge in [-0.15, -0.1) is 0 Å². The Labute approximate surface area is 120 Å². The predicted octanol–water partition coefficient (Wildman–Crippen LogP) is 3.37. The summed E-state index contributed by atoms with van der Waals surface area (Å²) in [5.74, 6) is -1.51. The van der Waals surface area contributed by atoms with Crippen molar-refractivity contribution >= 4 is 28.9 Å². The van der Waals surface area contributed by atoms with Crippen molar-refractivity contribution in [2.45, 2.75) is 6.54 Å². The molecule has 0 aliphatic carbocycles. The third-order valence-electron chi connectivity index (χ3n) is 2.77. The highest BCUT2D eigenvalue weighted by Gasteiger charge is 2.06. The van der Waals surface area contributed by atoms with Crippen molar-refractivity contribution in [2.24, 2.45) is 0 Å². The topological polar surface area (TPSA) is 75.4 Å². The van der Waals surface area contributed by atoms with Crippen molar-refractivity contribution in [1.82, 2.24) is 0 Å². The van der Waals surface area contributed by atoms with Gasteiger partial charge in [-0.3, -0.25) is 0 Å². The molecular weight excluding hydrogens is 283 g/mol. The predicted molar refractivity (Wildman–Crippen MR) is 76.6 cm³/mol. The number of carboxylic acid groups (broad SMARTS) is 1. The van der Waals surface area contributed by atoms with E-state index in [0.29, 0.717) is 17.9 Å². The Kier molecular flexibility index (Phi) is 4.10. The number of nitrogens with two attached hydrogens (primary N) is 1. The molecule has 4 nitrogen and oxygen atoms in total. The van der Waals surface area contributed by atoms with E-state index < -0.39 is 11.8 Å². The Morgan fingerprint density at radius 3 is 2.65 bits per heavy atom. The van der Waals surface area contributed by atoms with Crippen molar-refractivity contribution < 1.29 is 14.3 Å². The Morgan fingerprint density at radius 2 is 2.05 bits per heavy atom. The van der Waals surface area contributed by atoms with Crippen LogP contribution in [0.2, 0.25) is 5.02 Å². The average molecular weight is 295 g/mol. The molecule has 6 heteroatoms. The van der Waals surface area contributed by atoms with Gasteiger partial charge in [0.2, 0.25) is 0 Å². The van der Waals surface area contributed by atoms with Gasteiger partial charge >= 0.3 is 5.97 Å². The summed E-state index contributed by atoms with van der Waals surface area (Å²) in [6.07, 6.45) is 0. The highest BCUT2D eigenvalue weighted by molar-refractivity contribution is 6.30. The quantitative estimate of drug-likeness (QED) is 0.756. The fourth-order valence-corrected chi connectivity index (χ4v) is 1.91. The number of carboxylic acids is 1. The van der Waals surface area contributed by atoms with E-state index in [2.05, 4.69) is 5.32 Å². The molecule has 0 saturated heterocycles. The first-order valence-corrected chi connectivity index (χ1v) is 6.16. The molecule has 20 heavy (non-hydrogen) atoms. The van der Waals surface area contributed by atoms with Crippen molar-refractivity contribution in [1.29, 1.82) is 0 Å². The molecule has 0 aliphatic rings. The van der Waals surface area contributed by atoms with Crippen LogP contribution in [-0.2, 0) is 6.54 Å². The van der Waals surface area contributed by atoms with Crippen LogP contribution in [0.5, 0.6) is 0 Å². The van der Waals surface area contributed by atoms with Crippen LogP contribution in [0.3, 0.4) is 0 Å². The van der Waals surface area contributed by atoms with E-state index in [0.717, 1.165) is 5.56 Å².